The maximum absolute atomic E-state index is 12.0. The van der Waals surface area contributed by atoms with Crippen LogP contribution in [0.3, 0.4) is 0 Å². The van der Waals surface area contributed by atoms with Gasteiger partial charge in [-0.3, -0.25) is 4.90 Å². The first-order valence-electron chi connectivity index (χ1n) is 9.00. The smallest absolute Gasteiger partial charge is 0.408 e. The van der Waals surface area contributed by atoms with Gasteiger partial charge in [0.25, 0.3) is 0 Å². The highest BCUT2D eigenvalue weighted by molar-refractivity contribution is 5.80. The molecule has 2 atom stereocenters. The summed E-state index contributed by atoms with van der Waals surface area (Å²) < 4.78 is 5.18. The van der Waals surface area contributed by atoms with Crippen LogP contribution in [0.15, 0.2) is 30.3 Å². The van der Waals surface area contributed by atoms with Crippen LogP contribution < -0.4 is 5.32 Å². The zero-order valence-electron chi connectivity index (χ0n) is 16.8. The third-order valence-electron chi connectivity index (χ3n) is 3.78. The average molecular weight is 374 g/mol. The SMILES string of the molecule is CC#CCN(Cc1ccccc1)C[C@@H](C)[C@H](NC(=O)OC(C)(C)C)C(=O)O. The predicted octanol–water partition coefficient (Wildman–Crippen LogP) is 3.13. The minimum absolute atomic E-state index is 0.336. The molecule has 0 aliphatic heterocycles. The second kappa shape index (κ2) is 10.6. The number of benzene rings is 1. The van der Waals surface area contributed by atoms with E-state index in [0.29, 0.717) is 19.6 Å². The summed E-state index contributed by atoms with van der Waals surface area (Å²) in [5.41, 5.74) is 0.432. The molecule has 0 saturated heterocycles. The van der Waals surface area contributed by atoms with Gasteiger partial charge in [0.1, 0.15) is 11.6 Å². The molecule has 1 aromatic rings. The molecule has 0 fully saturated rings. The summed E-state index contributed by atoms with van der Waals surface area (Å²) in [7, 11) is 0. The Morgan fingerprint density at radius 2 is 1.89 bits per heavy atom. The molecule has 1 amide bonds. The number of hydrogen-bond acceptors (Lipinski definition) is 4. The third-order valence-corrected chi connectivity index (χ3v) is 3.78. The van der Waals surface area contributed by atoms with Crippen molar-refractivity contribution in [2.24, 2.45) is 5.92 Å². The number of aliphatic carboxylic acids is 1. The van der Waals surface area contributed by atoms with Crippen LogP contribution >= 0.6 is 0 Å². The summed E-state index contributed by atoms with van der Waals surface area (Å²) in [6, 6.07) is 8.87. The Morgan fingerprint density at radius 3 is 2.41 bits per heavy atom. The van der Waals surface area contributed by atoms with Gasteiger partial charge in [0, 0.05) is 13.1 Å². The second-order valence-electron chi connectivity index (χ2n) is 7.52. The van der Waals surface area contributed by atoms with Crippen LogP contribution in [0.25, 0.3) is 0 Å². The first-order valence-corrected chi connectivity index (χ1v) is 9.00. The average Bonchev–Trinajstić information content (AvgIpc) is 2.56. The summed E-state index contributed by atoms with van der Waals surface area (Å²) in [6.45, 7) is 10.4. The van der Waals surface area contributed by atoms with Gasteiger partial charge in [-0.05, 0) is 39.2 Å². The number of carboxylic acids is 1. The fourth-order valence-corrected chi connectivity index (χ4v) is 2.61. The summed E-state index contributed by atoms with van der Waals surface area (Å²) in [4.78, 5) is 25.7. The number of carbonyl (C=O) groups excluding carboxylic acids is 1. The fourth-order valence-electron chi connectivity index (χ4n) is 2.61. The van der Waals surface area contributed by atoms with Crippen molar-refractivity contribution in [1.82, 2.24) is 10.2 Å². The van der Waals surface area contributed by atoms with Gasteiger partial charge >= 0.3 is 12.1 Å². The van der Waals surface area contributed by atoms with E-state index >= 15 is 0 Å². The molecule has 0 saturated carbocycles. The molecule has 2 N–H and O–H groups in total. The minimum Gasteiger partial charge on any atom is -0.480 e. The topological polar surface area (TPSA) is 78.9 Å². The zero-order valence-corrected chi connectivity index (χ0v) is 16.8. The Kier molecular flexibility index (Phi) is 8.83. The van der Waals surface area contributed by atoms with Gasteiger partial charge in [0.15, 0.2) is 0 Å². The molecule has 1 rings (SSSR count). The van der Waals surface area contributed by atoms with E-state index in [0.717, 1.165) is 5.56 Å². The molecule has 0 aromatic heterocycles. The molecule has 0 bridgehead atoms. The lowest BCUT2D eigenvalue weighted by molar-refractivity contribution is -0.141. The van der Waals surface area contributed by atoms with E-state index < -0.39 is 23.7 Å². The maximum atomic E-state index is 12.0. The summed E-state index contributed by atoms with van der Waals surface area (Å²) in [6.07, 6.45) is -0.732. The normalized spacial score (nSPS) is 13.3. The summed E-state index contributed by atoms with van der Waals surface area (Å²) in [5, 5.41) is 12.0. The van der Waals surface area contributed by atoms with Gasteiger partial charge in [-0.1, -0.05) is 43.2 Å². The minimum atomic E-state index is -1.09. The Labute approximate surface area is 161 Å². The van der Waals surface area contributed by atoms with E-state index in [9.17, 15) is 14.7 Å². The van der Waals surface area contributed by atoms with Gasteiger partial charge in [0.05, 0.1) is 6.54 Å². The lowest BCUT2D eigenvalue weighted by atomic mass is 10.0. The van der Waals surface area contributed by atoms with E-state index in [4.69, 9.17) is 4.74 Å². The van der Waals surface area contributed by atoms with Crippen molar-refractivity contribution in [3.8, 4) is 11.8 Å². The Bertz CT molecular complexity index is 671. The summed E-state index contributed by atoms with van der Waals surface area (Å²) >= 11 is 0. The fraction of sp³-hybridized carbons (Fsp3) is 0.524. The van der Waals surface area contributed by atoms with Crippen LogP contribution in [0.5, 0.6) is 0 Å². The van der Waals surface area contributed by atoms with E-state index in [1.807, 2.05) is 30.3 Å². The van der Waals surface area contributed by atoms with Gasteiger partial charge in [-0.25, -0.2) is 9.59 Å². The number of nitrogens with zero attached hydrogens (tertiary/aromatic N) is 1. The predicted molar refractivity (Wildman–Crippen MR) is 105 cm³/mol. The van der Waals surface area contributed by atoms with E-state index in [1.165, 1.54) is 0 Å². The number of rotatable bonds is 8. The molecule has 148 valence electrons. The first-order chi connectivity index (χ1) is 12.6. The number of alkyl carbamates (subject to hydrolysis) is 1. The van der Waals surface area contributed by atoms with Crippen molar-refractivity contribution in [3.63, 3.8) is 0 Å². The van der Waals surface area contributed by atoms with Gasteiger partial charge < -0.3 is 15.2 Å². The number of carbonyl (C=O) groups is 2. The van der Waals surface area contributed by atoms with E-state index in [1.54, 1.807) is 34.6 Å². The van der Waals surface area contributed by atoms with Crippen LogP contribution in [-0.4, -0.2) is 46.8 Å². The molecule has 0 unspecified atom stereocenters. The quantitative estimate of drug-likeness (QED) is 0.684. The van der Waals surface area contributed by atoms with Gasteiger partial charge in [0.2, 0.25) is 0 Å². The number of ether oxygens (including phenoxy) is 1. The van der Waals surface area contributed by atoms with Crippen molar-refractivity contribution in [2.45, 2.75) is 52.8 Å². The highest BCUT2D eigenvalue weighted by Gasteiger charge is 2.29. The zero-order chi connectivity index (χ0) is 20.4. The standard InChI is InChI=1S/C21H30N2O4/c1-6-7-13-23(15-17-11-9-8-10-12-17)14-16(2)18(19(24)25)22-20(26)27-21(3,4)5/h8-12,16,18H,13-15H2,1-5H3,(H,22,26)(H,24,25)/t16-,18+/m1/s1. The van der Waals surface area contributed by atoms with Crippen LogP contribution in [-0.2, 0) is 16.1 Å². The Hall–Kier alpha value is -2.52. The molecule has 6 heteroatoms. The number of hydrogen-bond donors (Lipinski definition) is 2. The number of nitrogens with one attached hydrogen (secondary N) is 1. The van der Waals surface area contributed by atoms with Crippen molar-refractivity contribution in [2.75, 3.05) is 13.1 Å². The first kappa shape index (κ1) is 22.5. The molecular weight excluding hydrogens is 344 g/mol. The highest BCUT2D eigenvalue weighted by Crippen LogP contribution is 2.12. The lowest BCUT2D eigenvalue weighted by Crippen LogP contribution is -2.49. The molecule has 0 radical (unpaired) electrons. The van der Waals surface area contributed by atoms with Gasteiger partial charge in [-0.15, -0.1) is 5.92 Å². The molecule has 0 heterocycles. The van der Waals surface area contributed by atoms with Crippen molar-refractivity contribution < 1.29 is 19.4 Å². The largest absolute Gasteiger partial charge is 0.480 e. The van der Waals surface area contributed by atoms with Crippen LogP contribution in [0.2, 0.25) is 0 Å². The van der Waals surface area contributed by atoms with E-state index in [-0.39, 0.29) is 5.92 Å². The lowest BCUT2D eigenvalue weighted by Gasteiger charge is -2.29. The Balaban J connectivity index is 2.81. The Morgan fingerprint density at radius 1 is 1.26 bits per heavy atom. The molecule has 27 heavy (non-hydrogen) atoms. The van der Waals surface area contributed by atoms with Crippen LogP contribution in [0.1, 0.15) is 40.2 Å². The van der Waals surface area contributed by atoms with Crippen LogP contribution in [0.4, 0.5) is 4.79 Å². The second-order valence-corrected chi connectivity index (χ2v) is 7.52. The molecule has 6 nitrogen and oxygen atoms in total. The molecular formula is C21H30N2O4. The molecule has 1 aromatic carbocycles. The van der Waals surface area contributed by atoms with Crippen LogP contribution in [0, 0.1) is 17.8 Å². The molecule has 0 aliphatic carbocycles. The maximum Gasteiger partial charge on any atom is 0.408 e. The van der Waals surface area contributed by atoms with Crippen molar-refractivity contribution in [3.05, 3.63) is 35.9 Å². The third kappa shape index (κ3) is 9.11. The van der Waals surface area contributed by atoms with Gasteiger partial charge in [-0.2, -0.15) is 0 Å². The summed E-state index contributed by atoms with van der Waals surface area (Å²) in [5.74, 6) is 4.48. The molecule has 0 aliphatic rings. The molecule has 0 spiro atoms. The van der Waals surface area contributed by atoms with Crippen molar-refractivity contribution in [1.29, 1.82) is 0 Å². The van der Waals surface area contributed by atoms with E-state index in [2.05, 4.69) is 22.1 Å². The highest BCUT2D eigenvalue weighted by atomic mass is 16.6. The number of amides is 1. The monoisotopic (exact) mass is 374 g/mol. The number of carboxylic acid groups (broad SMARTS) is 1. The van der Waals surface area contributed by atoms with Crippen molar-refractivity contribution >= 4 is 12.1 Å².